The topological polar surface area (TPSA) is 59.6 Å². The van der Waals surface area contributed by atoms with Crippen molar-refractivity contribution in [3.05, 3.63) is 59.2 Å². The zero-order chi connectivity index (χ0) is 16.7. The Balaban J connectivity index is 1.97. The summed E-state index contributed by atoms with van der Waals surface area (Å²) in [5.41, 5.74) is 10.4. The first-order valence-electron chi connectivity index (χ1n) is 8.00. The largest absolute Gasteiger partial charge is 0.494 e. The summed E-state index contributed by atoms with van der Waals surface area (Å²) in [6.07, 6.45) is 1.03. The van der Waals surface area contributed by atoms with Crippen LogP contribution in [0.1, 0.15) is 30.5 Å². The van der Waals surface area contributed by atoms with Crippen molar-refractivity contribution in [1.29, 1.82) is 0 Å². The van der Waals surface area contributed by atoms with Gasteiger partial charge >= 0.3 is 0 Å². The minimum absolute atomic E-state index is 0.417. The van der Waals surface area contributed by atoms with Gasteiger partial charge in [-0.1, -0.05) is 31.2 Å². The van der Waals surface area contributed by atoms with E-state index in [1.165, 1.54) is 5.56 Å². The fraction of sp³-hybridized carbons (Fsp3) is 0.316. The van der Waals surface area contributed by atoms with Crippen molar-refractivity contribution in [2.24, 2.45) is 10.7 Å². The summed E-state index contributed by atoms with van der Waals surface area (Å²) < 4.78 is 5.54. The summed E-state index contributed by atoms with van der Waals surface area (Å²) in [6, 6.07) is 14.3. The molecule has 0 unspecified atom stereocenters. The van der Waals surface area contributed by atoms with Crippen molar-refractivity contribution in [1.82, 2.24) is 0 Å². The zero-order valence-corrected chi connectivity index (χ0v) is 14.1. The molecule has 122 valence electrons. The smallest absolute Gasteiger partial charge is 0.193 e. The number of aliphatic imine (C=N–C) groups is 1. The Hall–Kier alpha value is -2.49. The van der Waals surface area contributed by atoms with E-state index < -0.39 is 0 Å². The molecule has 4 heteroatoms. The maximum atomic E-state index is 5.95. The third kappa shape index (κ3) is 5.02. The fourth-order valence-corrected chi connectivity index (χ4v) is 2.31. The van der Waals surface area contributed by atoms with Gasteiger partial charge in [0.25, 0.3) is 0 Å². The number of anilines is 1. The molecule has 2 aromatic carbocycles. The molecule has 0 fully saturated rings. The molecule has 3 N–H and O–H groups in total. The molecule has 0 saturated carbocycles. The molecule has 2 rings (SSSR count). The molecule has 0 amide bonds. The molecule has 4 nitrogen and oxygen atoms in total. The predicted octanol–water partition coefficient (Wildman–Crippen LogP) is 3.88. The highest BCUT2D eigenvalue weighted by molar-refractivity contribution is 5.92. The maximum absolute atomic E-state index is 5.95. The Bertz CT molecular complexity index is 663. The van der Waals surface area contributed by atoms with Gasteiger partial charge in [0.15, 0.2) is 5.96 Å². The Morgan fingerprint density at radius 1 is 1.09 bits per heavy atom. The lowest BCUT2D eigenvalue weighted by Gasteiger charge is -2.09. The van der Waals surface area contributed by atoms with E-state index in [9.17, 15) is 0 Å². The highest BCUT2D eigenvalue weighted by Gasteiger charge is 2.01. The van der Waals surface area contributed by atoms with Gasteiger partial charge in [-0.3, -0.25) is 0 Å². The van der Waals surface area contributed by atoms with E-state index in [4.69, 9.17) is 10.5 Å². The normalized spacial score (nSPS) is 11.3. The molecular formula is C19H25N3O. The lowest BCUT2D eigenvalue weighted by Crippen LogP contribution is -2.22. The van der Waals surface area contributed by atoms with Crippen molar-refractivity contribution in [3.63, 3.8) is 0 Å². The first kappa shape index (κ1) is 16.9. The number of hydrogen-bond donors (Lipinski definition) is 2. The lowest BCUT2D eigenvalue weighted by atomic mass is 10.1. The SMILES string of the molecule is CCOc1ccc(CN=C(N)Nc2ccc(CC)cc2)cc1C. The van der Waals surface area contributed by atoms with E-state index in [0.717, 1.165) is 29.0 Å². The van der Waals surface area contributed by atoms with Gasteiger partial charge < -0.3 is 15.8 Å². The highest BCUT2D eigenvalue weighted by atomic mass is 16.5. The van der Waals surface area contributed by atoms with Crippen molar-refractivity contribution >= 4 is 11.6 Å². The molecule has 0 aliphatic carbocycles. The maximum Gasteiger partial charge on any atom is 0.193 e. The predicted molar refractivity (Wildman–Crippen MR) is 97.1 cm³/mol. The first-order valence-corrected chi connectivity index (χ1v) is 8.00. The third-order valence-electron chi connectivity index (χ3n) is 3.61. The summed E-state index contributed by atoms with van der Waals surface area (Å²) in [5, 5.41) is 3.11. The molecule has 0 radical (unpaired) electrons. The number of nitrogens with two attached hydrogens (primary N) is 1. The van der Waals surface area contributed by atoms with E-state index in [0.29, 0.717) is 19.1 Å². The summed E-state index contributed by atoms with van der Waals surface area (Å²) in [6.45, 7) is 7.37. The third-order valence-corrected chi connectivity index (χ3v) is 3.61. The van der Waals surface area contributed by atoms with Gasteiger partial charge in [0.05, 0.1) is 13.2 Å². The van der Waals surface area contributed by atoms with Gasteiger partial charge in [-0.15, -0.1) is 0 Å². The van der Waals surface area contributed by atoms with E-state index in [2.05, 4.69) is 35.4 Å². The summed E-state index contributed by atoms with van der Waals surface area (Å²) in [7, 11) is 0. The van der Waals surface area contributed by atoms with E-state index in [-0.39, 0.29) is 0 Å². The van der Waals surface area contributed by atoms with Crippen LogP contribution in [-0.2, 0) is 13.0 Å². The second kappa shape index (κ2) is 8.22. The molecule has 0 bridgehead atoms. The van der Waals surface area contributed by atoms with Crippen LogP contribution in [0.3, 0.4) is 0 Å². The number of guanidine groups is 1. The van der Waals surface area contributed by atoms with Crippen LogP contribution in [-0.4, -0.2) is 12.6 Å². The van der Waals surface area contributed by atoms with Gasteiger partial charge in [0.2, 0.25) is 0 Å². The van der Waals surface area contributed by atoms with Crippen molar-refractivity contribution in [2.45, 2.75) is 33.7 Å². The van der Waals surface area contributed by atoms with Crippen LogP contribution in [0.4, 0.5) is 5.69 Å². The van der Waals surface area contributed by atoms with Crippen molar-refractivity contribution in [2.75, 3.05) is 11.9 Å². The van der Waals surface area contributed by atoms with Crippen LogP contribution in [0, 0.1) is 6.92 Å². The molecule has 0 heterocycles. The minimum atomic E-state index is 0.417. The molecule has 0 aromatic heterocycles. The molecule has 0 spiro atoms. The zero-order valence-electron chi connectivity index (χ0n) is 14.1. The number of nitrogens with one attached hydrogen (secondary N) is 1. The van der Waals surface area contributed by atoms with Crippen LogP contribution in [0.25, 0.3) is 0 Å². The average Bonchev–Trinajstić information content (AvgIpc) is 2.56. The number of aryl methyl sites for hydroxylation is 2. The van der Waals surface area contributed by atoms with E-state index >= 15 is 0 Å². The van der Waals surface area contributed by atoms with E-state index in [1.54, 1.807) is 0 Å². The number of rotatable bonds is 6. The fourth-order valence-electron chi connectivity index (χ4n) is 2.31. The molecule has 0 aliphatic heterocycles. The minimum Gasteiger partial charge on any atom is -0.494 e. The number of nitrogens with zero attached hydrogens (tertiary/aromatic N) is 1. The van der Waals surface area contributed by atoms with Crippen molar-refractivity contribution < 1.29 is 4.74 Å². The van der Waals surface area contributed by atoms with E-state index in [1.807, 2.05) is 38.1 Å². The molecule has 0 atom stereocenters. The Morgan fingerprint density at radius 2 is 1.78 bits per heavy atom. The van der Waals surface area contributed by atoms with Crippen LogP contribution >= 0.6 is 0 Å². The van der Waals surface area contributed by atoms with Crippen LogP contribution in [0.15, 0.2) is 47.5 Å². The van der Waals surface area contributed by atoms with Gasteiger partial charge in [-0.2, -0.15) is 0 Å². The number of hydrogen-bond acceptors (Lipinski definition) is 2. The number of ether oxygens (including phenoxy) is 1. The molecule has 23 heavy (non-hydrogen) atoms. The summed E-state index contributed by atoms with van der Waals surface area (Å²) in [5.74, 6) is 1.34. The second-order valence-corrected chi connectivity index (χ2v) is 5.41. The molecule has 0 aliphatic rings. The molecule has 2 aromatic rings. The first-order chi connectivity index (χ1) is 11.1. The quantitative estimate of drug-likeness (QED) is 0.628. The van der Waals surface area contributed by atoms with Gasteiger partial charge in [-0.25, -0.2) is 4.99 Å². The van der Waals surface area contributed by atoms with Crippen LogP contribution in [0.5, 0.6) is 5.75 Å². The molecule has 0 saturated heterocycles. The summed E-state index contributed by atoms with van der Waals surface area (Å²) in [4.78, 5) is 4.39. The van der Waals surface area contributed by atoms with Gasteiger partial charge in [0, 0.05) is 5.69 Å². The van der Waals surface area contributed by atoms with Crippen LogP contribution in [0.2, 0.25) is 0 Å². The molecular weight excluding hydrogens is 286 g/mol. The Kier molecular flexibility index (Phi) is 6.03. The Morgan fingerprint density at radius 3 is 2.39 bits per heavy atom. The van der Waals surface area contributed by atoms with Gasteiger partial charge in [-0.05, 0) is 55.2 Å². The lowest BCUT2D eigenvalue weighted by molar-refractivity contribution is 0.338. The standard InChI is InChI=1S/C19H25N3O/c1-4-15-6-9-17(10-7-15)22-19(20)21-13-16-8-11-18(23-5-2)14(3)12-16/h6-12H,4-5,13H2,1-3H3,(H3,20,21,22). The van der Waals surface area contributed by atoms with Gasteiger partial charge in [0.1, 0.15) is 5.75 Å². The summed E-state index contributed by atoms with van der Waals surface area (Å²) >= 11 is 0. The van der Waals surface area contributed by atoms with Crippen molar-refractivity contribution in [3.8, 4) is 5.75 Å². The van der Waals surface area contributed by atoms with Crippen LogP contribution < -0.4 is 15.8 Å². The average molecular weight is 311 g/mol. The second-order valence-electron chi connectivity index (χ2n) is 5.41. The number of benzene rings is 2. The monoisotopic (exact) mass is 311 g/mol. The highest BCUT2D eigenvalue weighted by Crippen LogP contribution is 2.19. The Labute approximate surface area is 138 Å².